The van der Waals surface area contributed by atoms with Crippen molar-refractivity contribution in [2.24, 2.45) is 11.8 Å². The molecule has 0 spiro atoms. The third-order valence-electron chi connectivity index (χ3n) is 9.90. The number of alkyl carbamates (subject to hydrolysis) is 1. The highest BCUT2D eigenvalue weighted by Gasteiger charge is 2.31. The Morgan fingerprint density at radius 3 is 2.34 bits per heavy atom. The second-order valence-electron chi connectivity index (χ2n) is 15.3. The van der Waals surface area contributed by atoms with E-state index >= 15 is 0 Å². The van der Waals surface area contributed by atoms with Gasteiger partial charge in [0.1, 0.15) is 17.3 Å². The number of rotatable bonds is 11. The molecule has 1 saturated heterocycles. The highest BCUT2D eigenvalue weighted by atomic mass is 16.6. The van der Waals surface area contributed by atoms with E-state index in [1.54, 1.807) is 36.5 Å². The van der Waals surface area contributed by atoms with E-state index in [1.807, 2.05) is 52.0 Å². The van der Waals surface area contributed by atoms with Crippen molar-refractivity contribution in [3.63, 3.8) is 0 Å². The summed E-state index contributed by atoms with van der Waals surface area (Å²) in [5.41, 5.74) is 4.36. The Bertz CT molecular complexity index is 2020. The summed E-state index contributed by atoms with van der Waals surface area (Å²) < 4.78 is 5.35. The van der Waals surface area contributed by atoms with Crippen molar-refractivity contribution in [3.8, 4) is 22.5 Å². The lowest BCUT2D eigenvalue weighted by atomic mass is 9.81. The van der Waals surface area contributed by atoms with Crippen molar-refractivity contribution in [2.45, 2.75) is 71.4 Å². The van der Waals surface area contributed by atoms with Crippen LogP contribution in [-0.4, -0.2) is 98.1 Å². The van der Waals surface area contributed by atoms with Gasteiger partial charge < -0.3 is 30.9 Å². The standard InChI is InChI=1S/C40H48N10O6/c1-24-19-33(38(54)50-18-17-41-34(51)23-50)42-22-31(24)27-9-5-25(6-10-27)20-32(37(53)44-30-15-13-28(14-16-30)35-46-48-49-47-35)45-36(52)29-11-7-26(8-12-29)21-43-39(55)56-40(2,3)4/h5-6,9-10,13-16,19,22,26,29,32H,7-8,11-12,17-18,20-21,23H2,1-4H3,(H,41,51)(H,43,55)(H,44,53)(H,45,52)(H,46,47,48,49)/t26?,29?,32-/m0/s1. The lowest BCUT2D eigenvalue weighted by molar-refractivity contribution is -0.130. The molecule has 2 aliphatic rings. The Hall–Kier alpha value is -6.19. The van der Waals surface area contributed by atoms with Gasteiger partial charge >= 0.3 is 6.09 Å². The molecule has 1 aliphatic carbocycles. The van der Waals surface area contributed by atoms with Gasteiger partial charge in [-0.05, 0) is 112 Å². The third kappa shape index (κ3) is 10.5. The molecule has 0 bridgehead atoms. The van der Waals surface area contributed by atoms with Gasteiger partial charge in [0, 0.05) is 55.0 Å². The number of pyridine rings is 1. The van der Waals surface area contributed by atoms with Crippen molar-refractivity contribution >= 4 is 35.4 Å². The van der Waals surface area contributed by atoms with E-state index < -0.39 is 17.7 Å². The molecule has 1 atom stereocenters. The lowest BCUT2D eigenvalue weighted by Crippen LogP contribution is -2.50. The monoisotopic (exact) mass is 764 g/mol. The summed E-state index contributed by atoms with van der Waals surface area (Å²) in [6, 6.07) is 15.6. The van der Waals surface area contributed by atoms with Crippen molar-refractivity contribution in [1.29, 1.82) is 0 Å². The predicted molar refractivity (Wildman–Crippen MR) is 207 cm³/mol. The summed E-state index contributed by atoms with van der Waals surface area (Å²) in [5.74, 6) is -0.644. The largest absolute Gasteiger partial charge is 0.444 e. The Kier molecular flexibility index (Phi) is 12.4. The molecule has 2 aromatic carbocycles. The zero-order valence-electron chi connectivity index (χ0n) is 32.1. The fourth-order valence-corrected chi connectivity index (χ4v) is 6.89. The van der Waals surface area contributed by atoms with E-state index in [1.165, 1.54) is 4.90 Å². The minimum Gasteiger partial charge on any atom is -0.444 e. The number of anilines is 1. The van der Waals surface area contributed by atoms with E-state index in [2.05, 4.69) is 46.9 Å². The second kappa shape index (κ2) is 17.5. The number of hydrogen-bond acceptors (Lipinski definition) is 10. The quantitative estimate of drug-likeness (QED) is 0.149. The Balaban J connectivity index is 1.11. The van der Waals surface area contributed by atoms with Gasteiger partial charge in [-0.25, -0.2) is 4.79 Å². The highest BCUT2D eigenvalue weighted by Crippen LogP contribution is 2.29. The molecule has 5 N–H and O–H groups in total. The third-order valence-corrected chi connectivity index (χ3v) is 9.90. The number of tetrazole rings is 1. The summed E-state index contributed by atoms with van der Waals surface area (Å²) >= 11 is 0. The van der Waals surface area contributed by atoms with Gasteiger partial charge in [0.15, 0.2) is 0 Å². The van der Waals surface area contributed by atoms with Gasteiger partial charge in [-0.15, -0.1) is 10.2 Å². The second-order valence-corrected chi connectivity index (χ2v) is 15.3. The number of nitrogens with zero attached hydrogens (tertiary/aromatic N) is 5. The molecule has 4 aromatic rings. The number of hydrogen-bond donors (Lipinski definition) is 5. The number of H-pyrrole nitrogens is 1. The Labute approximate surface area is 324 Å². The van der Waals surface area contributed by atoms with Crippen LogP contribution in [0.3, 0.4) is 0 Å². The van der Waals surface area contributed by atoms with Crippen LogP contribution in [0.1, 0.15) is 68.1 Å². The smallest absolute Gasteiger partial charge is 0.407 e. The lowest BCUT2D eigenvalue weighted by Gasteiger charge is -2.29. The number of piperazine rings is 1. The van der Waals surface area contributed by atoms with Crippen LogP contribution in [0.5, 0.6) is 0 Å². The number of aryl methyl sites for hydroxylation is 1. The Morgan fingerprint density at radius 2 is 1.70 bits per heavy atom. The predicted octanol–water partition coefficient (Wildman–Crippen LogP) is 3.81. The molecule has 2 aromatic heterocycles. The van der Waals surface area contributed by atoms with Crippen LogP contribution in [0.4, 0.5) is 10.5 Å². The van der Waals surface area contributed by atoms with E-state index in [0.29, 0.717) is 44.0 Å². The summed E-state index contributed by atoms with van der Waals surface area (Å²) in [4.78, 5) is 70.3. The summed E-state index contributed by atoms with van der Waals surface area (Å²) in [6.45, 7) is 8.68. The van der Waals surface area contributed by atoms with Crippen LogP contribution in [0, 0.1) is 18.8 Å². The van der Waals surface area contributed by atoms with Crippen molar-refractivity contribution in [2.75, 3.05) is 31.5 Å². The first-order chi connectivity index (χ1) is 26.8. The van der Waals surface area contributed by atoms with Crippen molar-refractivity contribution < 1.29 is 28.7 Å². The number of aromatic amines is 1. The van der Waals surface area contributed by atoms with Crippen LogP contribution < -0.4 is 21.3 Å². The van der Waals surface area contributed by atoms with Crippen LogP contribution >= 0.6 is 0 Å². The molecule has 16 nitrogen and oxygen atoms in total. The average molecular weight is 765 g/mol. The number of ether oxygens (including phenoxy) is 1. The first kappa shape index (κ1) is 39.5. The number of carbonyl (C=O) groups is 5. The molecule has 1 saturated carbocycles. The zero-order chi connectivity index (χ0) is 39.8. The maximum atomic E-state index is 13.8. The maximum Gasteiger partial charge on any atom is 0.407 e. The number of benzene rings is 2. The summed E-state index contributed by atoms with van der Waals surface area (Å²) in [6.07, 6.45) is 4.24. The van der Waals surface area contributed by atoms with Crippen molar-refractivity contribution in [3.05, 3.63) is 77.6 Å². The minimum atomic E-state index is -0.873. The topological polar surface area (TPSA) is 213 Å². The molecule has 56 heavy (non-hydrogen) atoms. The van der Waals surface area contributed by atoms with Crippen LogP contribution in [0.15, 0.2) is 60.8 Å². The van der Waals surface area contributed by atoms with E-state index in [9.17, 15) is 24.0 Å². The van der Waals surface area contributed by atoms with Crippen LogP contribution in [-0.2, 0) is 25.5 Å². The van der Waals surface area contributed by atoms with Crippen molar-refractivity contribution in [1.82, 2.24) is 46.5 Å². The first-order valence-electron chi connectivity index (χ1n) is 18.8. The summed E-state index contributed by atoms with van der Waals surface area (Å²) in [7, 11) is 0. The van der Waals surface area contributed by atoms with Crippen LogP contribution in [0.25, 0.3) is 22.5 Å². The fraction of sp³-hybridized carbons (Fsp3) is 0.425. The molecule has 6 rings (SSSR count). The van der Waals surface area contributed by atoms with Gasteiger partial charge in [-0.2, -0.15) is 5.21 Å². The number of nitrogens with one attached hydrogen (secondary N) is 5. The van der Waals surface area contributed by atoms with Gasteiger partial charge in [0.25, 0.3) is 5.91 Å². The molecule has 1 aliphatic heterocycles. The van der Waals surface area contributed by atoms with E-state index in [4.69, 9.17) is 4.74 Å². The molecule has 2 fully saturated rings. The normalized spacial score (nSPS) is 17.6. The maximum absolute atomic E-state index is 13.8. The van der Waals surface area contributed by atoms with Gasteiger partial charge in [0.05, 0.1) is 6.54 Å². The van der Waals surface area contributed by atoms with Gasteiger partial charge in [0.2, 0.25) is 23.5 Å². The highest BCUT2D eigenvalue weighted by molar-refractivity contribution is 5.98. The molecule has 294 valence electrons. The van der Waals surface area contributed by atoms with E-state index in [0.717, 1.165) is 40.7 Å². The van der Waals surface area contributed by atoms with E-state index in [-0.39, 0.29) is 54.1 Å². The Morgan fingerprint density at radius 1 is 0.982 bits per heavy atom. The number of aromatic nitrogens is 5. The SMILES string of the molecule is Cc1cc(C(=O)N2CCNC(=O)C2)ncc1-c1ccc(C[C@H](NC(=O)C2CCC(CNC(=O)OC(C)(C)C)CC2)C(=O)Nc2ccc(-c3nn[nH]n3)cc2)cc1. The van der Waals surface area contributed by atoms with Gasteiger partial charge in [-0.3, -0.25) is 24.2 Å². The van der Waals surface area contributed by atoms with Gasteiger partial charge in [-0.1, -0.05) is 24.3 Å². The summed E-state index contributed by atoms with van der Waals surface area (Å²) in [5, 5.41) is 25.5. The molecule has 0 unspecified atom stereocenters. The molecular weight excluding hydrogens is 717 g/mol. The molecule has 5 amide bonds. The molecular formula is C40H48N10O6. The van der Waals surface area contributed by atoms with Crippen LogP contribution in [0.2, 0.25) is 0 Å². The first-order valence-corrected chi connectivity index (χ1v) is 18.8. The fourth-order valence-electron chi connectivity index (χ4n) is 6.89. The molecule has 3 heterocycles. The molecule has 0 radical (unpaired) electrons. The minimum absolute atomic E-state index is 0.00621. The number of amides is 5. The zero-order valence-corrected chi connectivity index (χ0v) is 32.1. The molecule has 16 heteroatoms. The number of carbonyl (C=O) groups excluding carboxylic acids is 5. The average Bonchev–Trinajstić information content (AvgIpc) is 3.72.